The van der Waals surface area contributed by atoms with Crippen LogP contribution in [0.25, 0.3) is 0 Å². The molecule has 8 N–H and O–H groups in total. The van der Waals surface area contributed by atoms with Crippen molar-refractivity contribution in [1.82, 2.24) is 0 Å². The van der Waals surface area contributed by atoms with Crippen molar-refractivity contribution in [1.29, 1.82) is 0 Å². The molecule has 0 bridgehead atoms. The van der Waals surface area contributed by atoms with Crippen molar-refractivity contribution in [2.45, 2.75) is 76.0 Å². The summed E-state index contributed by atoms with van der Waals surface area (Å²) in [5, 5.41) is 53.9. The van der Waals surface area contributed by atoms with Gasteiger partial charge in [0, 0.05) is 35.1 Å². The van der Waals surface area contributed by atoms with Crippen LogP contribution in [0.15, 0.2) is 18.2 Å². The van der Waals surface area contributed by atoms with Crippen LogP contribution in [0.2, 0.25) is 0 Å². The second-order valence-corrected chi connectivity index (χ2v) is 10.3. The summed E-state index contributed by atoms with van der Waals surface area (Å²) in [5.74, 6) is -3.37. The lowest BCUT2D eigenvalue weighted by atomic mass is 9.71. The van der Waals surface area contributed by atoms with Crippen LogP contribution < -0.4 is 5.73 Å². The average molecular weight is 529 g/mol. The highest BCUT2D eigenvalue weighted by Gasteiger charge is 2.49. The highest BCUT2D eigenvalue weighted by Crippen LogP contribution is 2.52. The molecule has 2 aromatic rings. The topological polar surface area (TPSA) is 198 Å². The van der Waals surface area contributed by atoms with Crippen LogP contribution in [0.1, 0.15) is 81.3 Å². The summed E-state index contributed by atoms with van der Waals surface area (Å²) in [4.78, 5) is 39.5. The maximum atomic E-state index is 13.6. The van der Waals surface area contributed by atoms with E-state index in [2.05, 4.69) is 5.73 Å². The van der Waals surface area contributed by atoms with Gasteiger partial charge in [-0.05, 0) is 19.4 Å². The van der Waals surface area contributed by atoms with Crippen LogP contribution in [0.4, 0.5) is 0 Å². The van der Waals surface area contributed by atoms with Gasteiger partial charge in [0.15, 0.2) is 23.6 Å². The van der Waals surface area contributed by atoms with E-state index in [0.717, 1.165) is 0 Å². The molecule has 1 aliphatic heterocycles. The van der Waals surface area contributed by atoms with Crippen LogP contribution in [0, 0.1) is 0 Å². The third-order valence-electron chi connectivity index (χ3n) is 7.95. The minimum Gasteiger partial charge on any atom is -0.507 e. The Morgan fingerprint density at radius 1 is 1.16 bits per heavy atom. The Hall–Kier alpha value is -3.19. The zero-order valence-corrected chi connectivity index (χ0v) is 20.9. The molecule has 0 saturated carbocycles. The number of aliphatic hydroxyl groups excluding tert-OH is 2. The highest BCUT2D eigenvalue weighted by molar-refractivity contribution is 6.31. The van der Waals surface area contributed by atoms with Crippen molar-refractivity contribution in [3.63, 3.8) is 0 Å². The van der Waals surface area contributed by atoms with E-state index < -0.39 is 89.2 Å². The van der Waals surface area contributed by atoms with E-state index >= 15 is 0 Å². The predicted octanol–water partition coefficient (Wildman–Crippen LogP) is -0.204. The van der Waals surface area contributed by atoms with E-state index in [1.807, 2.05) is 0 Å². The number of fused-ring (bicyclic) bond motifs is 3. The molecule has 2 aliphatic carbocycles. The molecular formula is C27H30NO10+. The van der Waals surface area contributed by atoms with Gasteiger partial charge in [-0.15, -0.1) is 0 Å². The van der Waals surface area contributed by atoms with Gasteiger partial charge in [0.2, 0.25) is 0 Å². The number of phenols is 2. The number of quaternary nitrogens is 1. The molecule has 11 nitrogen and oxygen atoms in total. The number of carbonyl (C=O) groups excluding carboxylic acids is 3. The second-order valence-electron chi connectivity index (χ2n) is 10.3. The maximum absolute atomic E-state index is 13.6. The molecule has 38 heavy (non-hydrogen) atoms. The smallest absolute Gasteiger partial charge is 0.198 e. The zero-order valence-electron chi connectivity index (χ0n) is 20.9. The van der Waals surface area contributed by atoms with Crippen LogP contribution in [0.5, 0.6) is 11.5 Å². The number of Topliss-reactive ketones (excluding diaryl/α,β-unsaturated/α-hetero) is 1. The highest BCUT2D eigenvalue weighted by atomic mass is 16.7. The number of ketones is 3. The quantitative estimate of drug-likeness (QED) is 0.246. The predicted molar refractivity (Wildman–Crippen MR) is 128 cm³/mol. The van der Waals surface area contributed by atoms with E-state index in [0.29, 0.717) is 0 Å². The molecule has 3 aliphatic rings. The van der Waals surface area contributed by atoms with E-state index in [1.165, 1.54) is 25.1 Å². The van der Waals surface area contributed by atoms with Gasteiger partial charge in [0.05, 0.1) is 36.4 Å². The van der Waals surface area contributed by atoms with Gasteiger partial charge in [-0.25, -0.2) is 0 Å². The van der Waals surface area contributed by atoms with Crippen LogP contribution in [-0.2, 0) is 27.3 Å². The molecule has 5 rings (SSSR count). The lowest BCUT2D eigenvalue weighted by Crippen LogP contribution is -2.71. The molecule has 5 unspecified atom stereocenters. The summed E-state index contributed by atoms with van der Waals surface area (Å²) >= 11 is 0. The second kappa shape index (κ2) is 9.23. The Balaban J connectivity index is 1.68. The fourth-order valence-electron chi connectivity index (χ4n) is 5.78. The molecule has 11 heteroatoms. The number of ether oxygens (including phenoxy) is 2. The first kappa shape index (κ1) is 26.4. The first-order valence-corrected chi connectivity index (χ1v) is 12.4. The van der Waals surface area contributed by atoms with Crippen molar-refractivity contribution in [3.8, 4) is 11.5 Å². The summed E-state index contributed by atoms with van der Waals surface area (Å²) in [6.07, 6.45) is -4.21. The maximum Gasteiger partial charge on any atom is 0.198 e. The normalized spacial score (nSPS) is 30.4. The van der Waals surface area contributed by atoms with Crippen LogP contribution in [-0.4, -0.2) is 73.0 Å². The van der Waals surface area contributed by atoms with Crippen LogP contribution in [0.3, 0.4) is 0 Å². The molecule has 2 aromatic carbocycles. The molecule has 1 saturated heterocycles. The monoisotopic (exact) mass is 528 g/mol. The number of carbonyl (C=O) groups is 3. The van der Waals surface area contributed by atoms with Crippen molar-refractivity contribution in [3.05, 3.63) is 57.1 Å². The van der Waals surface area contributed by atoms with Crippen LogP contribution >= 0.6 is 0 Å². The molecule has 6 atom stereocenters. The van der Waals surface area contributed by atoms with Crippen molar-refractivity contribution in [2.75, 3.05) is 0 Å². The number of rotatable bonds is 4. The average Bonchev–Trinajstić information content (AvgIpc) is 2.87. The fourth-order valence-corrected chi connectivity index (χ4v) is 5.78. The number of benzene rings is 2. The Morgan fingerprint density at radius 3 is 2.47 bits per heavy atom. The Kier molecular flexibility index (Phi) is 6.41. The molecule has 0 aromatic heterocycles. The van der Waals surface area contributed by atoms with Crippen molar-refractivity contribution >= 4 is 17.3 Å². The third-order valence-corrected chi connectivity index (χ3v) is 7.95. The summed E-state index contributed by atoms with van der Waals surface area (Å²) in [7, 11) is 0. The fraction of sp³-hybridized carbons (Fsp3) is 0.444. The Labute approximate surface area is 217 Å². The first-order chi connectivity index (χ1) is 17.9. The lowest BCUT2D eigenvalue weighted by Gasteiger charge is -2.41. The van der Waals surface area contributed by atoms with E-state index in [1.54, 1.807) is 6.92 Å². The molecule has 0 radical (unpaired) electrons. The Bertz CT molecular complexity index is 1360. The largest absolute Gasteiger partial charge is 0.507 e. The van der Waals surface area contributed by atoms with Gasteiger partial charge in [-0.2, -0.15) is 0 Å². The zero-order chi connectivity index (χ0) is 27.7. The van der Waals surface area contributed by atoms with E-state index in [9.17, 15) is 39.9 Å². The Morgan fingerprint density at radius 2 is 1.84 bits per heavy atom. The first-order valence-electron chi connectivity index (χ1n) is 12.4. The SMILES string of the molecule is CC(=O)[C@]1(O)Cc2c(O)c3c(c(O)c2C(OC2CC([NH3+])C(O)C(C)O2)C1)C(=O)c1c(CO)cccc1C3=O. The standard InChI is InChI=1S/C27H29NO10/c1-10-22(31)15(28)6-17(37-10)38-16-8-27(36,11(2)30)7-14-19(16)26(35)21-20(24(14)33)23(32)13-5-3-4-12(9-29)18(13)25(21)34/h3-5,10,15-17,22,29,31,33,35-36H,6-9,28H2,1-2H3/p+1/t10?,15?,16?,17?,22?,27-/m0/s1. The number of aromatic hydroxyl groups is 2. The molecule has 0 spiro atoms. The van der Waals surface area contributed by atoms with Crippen molar-refractivity contribution < 1.29 is 55.1 Å². The van der Waals surface area contributed by atoms with Crippen molar-refractivity contribution in [2.24, 2.45) is 0 Å². The summed E-state index contributed by atoms with van der Waals surface area (Å²) in [6.45, 7) is 2.29. The summed E-state index contributed by atoms with van der Waals surface area (Å²) in [6, 6.07) is 3.91. The van der Waals surface area contributed by atoms with Gasteiger partial charge in [-0.1, -0.05) is 18.2 Å². The molecule has 1 heterocycles. The number of hydrogen-bond acceptors (Lipinski definition) is 10. The number of phenolic OH excluding ortho intramolecular Hbond substituents is 2. The van der Waals surface area contributed by atoms with Gasteiger partial charge in [0.1, 0.15) is 29.2 Å². The molecule has 1 fully saturated rings. The van der Waals surface area contributed by atoms with Gasteiger partial charge in [0.25, 0.3) is 0 Å². The van der Waals surface area contributed by atoms with Gasteiger partial charge >= 0.3 is 0 Å². The minimum atomic E-state index is -2.00. The number of aliphatic hydroxyl groups is 3. The molecular weight excluding hydrogens is 498 g/mol. The van der Waals surface area contributed by atoms with E-state index in [-0.39, 0.29) is 40.7 Å². The third kappa shape index (κ3) is 3.85. The van der Waals surface area contributed by atoms with Gasteiger partial charge in [-0.3, -0.25) is 14.4 Å². The lowest BCUT2D eigenvalue weighted by molar-refractivity contribution is -0.466. The van der Waals surface area contributed by atoms with Gasteiger partial charge < -0.3 is 40.7 Å². The minimum absolute atomic E-state index is 0.0405. The summed E-state index contributed by atoms with van der Waals surface area (Å²) < 4.78 is 11.8. The summed E-state index contributed by atoms with van der Waals surface area (Å²) in [5.41, 5.74) is 0.974. The van der Waals surface area contributed by atoms with E-state index in [4.69, 9.17) is 9.47 Å². The molecule has 202 valence electrons. The number of hydrogen-bond donors (Lipinski definition) is 6. The molecule has 0 amide bonds.